The number of carbonyl (C=O) groups is 1. The van der Waals surface area contributed by atoms with Gasteiger partial charge in [-0.1, -0.05) is 11.2 Å². The third kappa shape index (κ3) is 2.99. The second kappa shape index (κ2) is 7.06. The maximum atomic E-state index is 13.1. The Bertz CT molecular complexity index is 935. The zero-order chi connectivity index (χ0) is 18.8. The number of rotatable bonds is 5. The molecule has 2 aromatic heterocycles. The zero-order valence-corrected chi connectivity index (χ0v) is 15.0. The van der Waals surface area contributed by atoms with Crippen LogP contribution in [0.3, 0.4) is 0 Å². The number of benzene rings is 1. The fraction of sp³-hybridized carbons (Fsp3) is 0.263. The highest BCUT2D eigenvalue weighted by Gasteiger charge is 2.39. The molecule has 1 aliphatic rings. The SMILES string of the molecule is COc1cccc(OC)c1C(=O)N1CC[C@H]1c1nc(-c2cccnc2)no1. The molecule has 0 N–H and O–H groups in total. The Morgan fingerprint density at radius 3 is 2.56 bits per heavy atom. The Morgan fingerprint density at radius 2 is 1.96 bits per heavy atom. The average molecular weight is 366 g/mol. The van der Waals surface area contributed by atoms with Crippen molar-refractivity contribution in [3.8, 4) is 22.9 Å². The first-order chi connectivity index (χ1) is 13.2. The van der Waals surface area contributed by atoms with Crippen molar-refractivity contribution in [2.75, 3.05) is 20.8 Å². The van der Waals surface area contributed by atoms with Crippen molar-refractivity contribution >= 4 is 5.91 Å². The molecule has 27 heavy (non-hydrogen) atoms. The van der Waals surface area contributed by atoms with Crippen LogP contribution < -0.4 is 9.47 Å². The number of hydrogen-bond donors (Lipinski definition) is 0. The normalized spacial score (nSPS) is 15.9. The van der Waals surface area contributed by atoms with Crippen LogP contribution in [0.4, 0.5) is 0 Å². The molecule has 3 aromatic rings. The Balaban J connectivity index is 1.60. The van der Waals surface area contributed by atoms with E-state index in [-0.39, 0.29) is 11.9 Å². The van der Waals surface area contributed by atoms with Gasteiger partial charge in [0.25, 0.3) is 5.91 Å². The summed E-state index contributed by atoms with van der Waals surface area (Å²) >= 11 is 0. The lowest BCUT2D eigenvalue weighted by molar-refractivity contribution is 0.0372. The van der Waals surface area contributed by atoms with Gasteiger partial charge in [0.2, 0.25) is 11.7 Å². The number of nitrogens with zero attached hydrogens (tertiary/aromatic N) is 4. The lowest BCUT2D eigenvalue weighted by Crippen LogP contribution is -2.45. The fourth-order valence-corrected chi connectivity index (χ4v) is 3.08. The summed E-state index contributed by atoms with van der Waals surface area (Å²) in [5, 5.41) is 4.01. The molecule has 0 spiro atoms. The van der Waals surface area contributed by atoms with Gasteiger partial charge >= 0.3 is 0 Å². The van der Waals surface area contributed by atoms with Gasteiger partial charge < -0.3 is 18.9 Å². The van der Waals surface area contributed by atoms with Gasteiger partial charge in [-0.05, 0) is 30.7 Å². The van der Waals surface area contributed by atoms with Crippen molar-refractivity contribution in [2.24, 2.45) is 0 Å². The highest BCUT2D eigenvalue weighted by molar-refractivity contribution is 6.00. The highest BCUT2D eigenvalue weighted by Crippen LogP contribution is 2.38. The minimum Gasteiger partial charge on any atom is -0.496 e. The van der Waals surface area contributed by atoms with Crippen molar-refractivity contribution in [2.45, 2.75) is 12.5 Å². The number of methoxy groups -OCH3 is 2. The Labute approximate surface area is 155 Å². The number of pyridine rings is 1. The van der Waals surface area contributed by atoms with E-state index in [4.69, 9.17) is 14.0 Å². The summed E-state index contributed by atoms with van der Waals surface area (Å²) in [4.78, 5) is 23.3. The van der Waals surface area contributed by atoms with Crippen LogP contribution >= 0.6 is 0 Å². The van der Waals surface area contributed by atoms with Gasteiger partial charge in [-0.2, -0.15) is 4.98 Å². The molecular formula is C19H18N4O4. The second-order valence-corrected chi connectivity index (χ2v) is 6.04. The van der Waals surface area contributed by atoms with E-state index in [2.05, 4.69) is 15.1 Å². The smallest absolute Gasteiger partial charge is 0.262 e. The van der Waals surface area contributed by atoms with E-state index in [1.54, 1.807) is 41.6 Å². The van der Waals surface area contributed by atoms with Gasteiger partial charge in [-0.3, -0.25) is 9.78 Å². The average Bonchev–Trinajstić information content (AvgIpc) is 3.16. The molecule has 8 heteroatoms. The number of carbonyl (C=O) groups excluding carboxylic acids is 1. The van der Waals surface area contributed by atoms with Gasteiger partial charge in [0.1, 0.15) is 23.1 Å². The van der Waals surface area contributed by atoms with Gasteiger partial charge in [0.15, 0.2) is 0 Å². The maximum Gasteiger partial charge on any atom is 0.262 e. The molecule has 0 saturated carbocycles. The highest BCUT2D eigenvalue weighted by atomic mass is 16.5. The summed E-state index contributed by atoms with van der Waals surface area (Å²) in [6.45, 7) is 0.593. The molecule has 1 fully saturated rings. The fourth-order valence-electron chi connectivity index (χ4n) is 3.08. The van der Waals surface area contributed by atoms with Crippen LogP contribution in [0.25, 0.3) is 11.4 Å². The summed E-state index contributed by atoms with van der Waals surface area (Å²) in [6, 6.07) is 8.63. The van der Waals surface area contributed by atoms with E-state index in [1.165, 1.54) is 14.2 Å². The number of amides is 1. The van der Waals surface area contributed by atoms with Crippen LogP contribution in [0.1, 0.15) is 28.7 Å². The standard InChI is InChI=1S/C19H18N4O4/c1-25-14-6-3-7-15(26-2)16(14)19(24)23-10-8-13(23)18-21-17(22-27-18)12-5-4-9-20-11-12/h3-7,9,11,13H,8,10H2,1-2H3/t13-/m0/s1. The number of aromatic nitrogens is 3. The third-order valence-corrected chi connectivity index (χ3v) is 4.57. The largest absolute Gasteiger partial charge is 0.496 e. The van der Waals surface area contributed by atoms with Crippen molar-refractivity contribution in [1.29, 1.82) is 0 Å². The summed E-state index contributed by atoms with van der Waals surface area (Å²) in [6.07, 6.45) is 4.09. The van der Waals surface area contributed by atoms with Crippen molar-refractivity contribution in [3.05, 3.63) is 54.2 Å². The Kier molecular flexibility index (Phi) is 4.45. The van der Waals surface area contributed by atoms with Crippen LogP contribution in [0, 0.1) is 0 Å². The Morgan fingerprint density at radius 1 is 1.19 bits per heavy atom. The van der Waals surface area contributed by atoms with E-state index in [9.17, 15) is 4.79 Å². The molecular weight excluding hydrogens is 348 g/mol. The minimum atomic E-state index is -0.273. The molecule has 3 heterocycles. The van der Waals surface area contributed by atoms with Crippen LogP contribution in [-0.4, -0.2) is 46.7 Å². The van der Waals surface area contributed by atoms with Crippen molar-refractivity contribution in [1.82, 2.24) is 20.0 Å². The second-order valence-electron chi connectivity index (χ2n) is 6.04. The molecule has 0 unspecified atom stereocenters. The summed E-state index contributed by atoms with van der Waals surface area (Å²) in [5.74, 6) is 1.59. The monoisotopic (exact) mass is 366 g/mol. The summed E-state index contributed by atoms with van der Waals surface area (Å²) in [7, 11) is 3.05. The lowest BCUT2D eigenvalue weighted by atomic mass is 10.00. The van der Waals surface area contributed by atoms with E-state index in [0.717, 1.165) is 12.0 Å². The van der Waals surface area contributed by atoms with E-state index in [1.807, 2.05) is 6.07 Å². The number of hydrogen-bond acceptors (Lipinski definition) is 7. The molecule has 0 aliphatic carbocycles. The lowest BCUT2D eigenvalue weighted by Gasteiger charge is -2.38. The van der Waals surface area contributed by atoms with Gasteiger partial charge in [-0.25, -0.2) is 0 Å². The van der Waals surface area contributed by atoms with Crippen LogP contribution in [0.5, 0.6) is 11.5 Å². The number of likely N-dealkylation sites (tertiary alicyclic amines) is 1. The predicted molar refractivity (Wildman–Crippen MR) is 95.5 cm³/mol. The maximum absolute atomic E-state index is 13.1. The topological polar surface area (TPSA) is 90.6 Å². The third-order valence-electron chi connectivity index (χ3n) is 4.57. The molecule has 1 atom stereocenters. The molecule has 1 amide bonds. The van der Waals surface area contributed by atoms with Crippen molar-refractivity contribution in [3.63, 3.8) is 0 Å². The molecule has 0 bridgehead atoms. The molecule has 138 valence electrons. The first-order valence-corrected chi connectivity index (χ1v) is 8.49. The van der Waals surface area contributed by atoms with Crippen LogP contribution in [0.15, 0.2) is 47.2 Å². The first-order valence-electron chi connectivity index (χ1n) is 8.49. The molecule has 4 rings (SSSR count). The summed E-state index contributed by atoms with van der Waals surface area (Å²) in [5.41, 5.74) is 1.15. The Hall–Kier alpha value is -3.42. The van der Waals surface area contributed by atoms with Gasteiger partial charge in [0.05, 0.1) is 14.2 Å². The predicted octanol–water partition coefficient (Wildman–Crippen LogP) is 2.74. The van der Waals surface area contributed by atoms with E-state index in [0.29, 0.717) is 35.3 Å². The number of ether oxygens (including phenoxy) is 2. The first kappa shape index (κ1) is 17.0. The van der Waals surface area contributed by atoms with Gasteiger partial charge in [-0.15, -0.1) is 0 Å². The molecule has 0 radical (unpaired) electrons. The van der Waals surface area contributed by atoms with Gasteiger partial charge in [0, 0.05) is 24.5 Å². The quantitative estimate of drug-likeness (QED) is 0.686. The van der Waals surface area contributed by atoms with Crippen LogP contribution in [-0.2, 0) is 0 Å². The van der Waals surface area contributed by atoms with E-state index >= 15 is 0 Å². The zero-order valence-electron chi connectivity index (χ0n) is 15.0. The minimum absolute atomic E-state index is 0.193. The molecule has 1 saturated heterocycles. The molecule has 1 aliphatic heterocycles. The molecule has 1 aromatic carbocycles. The van der Waals surface area contributed by atoms with Crippen molar-refractivity contribution < 1.29 is 18.8 Å². The van der Waals surface area contributed by atoms with Crippen LogP contribution in [0.2, 0.25) is 0 Å². The molecule has 8 nitrogen and oxygen atoms in total. The summed E-state index contributed by atoms with van der Waals surface area (Å²) < 4.78 is 16.1. The van der Waals surface area contributed by atoms with E-state index < -0.39 is 0 Å².